The molecule has 0 atom stereocenters. The quantitative estimate of drug-likeness (QED) is 0.236. The van der Waals surface area contributed by atoms with Crippen LogP contribution in [-0.2, 0) is 16.5 Å². The summed E-state index contributed by atoms with van der Waals surface area (Å²) in [6.45, 7) is 4.21. The summed E-state index contributed by atoms with van der Waals surface area (Å²) >= 11 is 0. The van der Waals surface area contributed by atoms with Crippen LogP contribution in [0.4, 0.5) is 0 Å². The summed E-state index contributed by atoms with van der Waals surface area (Å²) in [5.74, 6) is 0. The van der Waals surface area contributed by atoms with Crippen LogP contribution >= 0.6 is 0 Å². The van der Waals surface area contributed by atoms with Crippen LogP contribution < -0.4 is 0 Å². The largest absolute Gasteiger partial charge is 0.294 e. The molecule has 0 radical (unpaired) electrons. The predicted octanol–water partition coefficient (Wildman–Crippen LogP) is 7.27. The molecule has 27 heavy (non-hydrogen) atoms. The first kappa shape index (κ1) is 24.2. The van der Waals surface area contributed by atoms with Gasteiger partial charge in [0.15, 0.2) is 0 Å². The van der Waals surface area contributed by atoms with Crippen LogP contribution in [0.15, 0.2) is 23.1 Å². The van der Waals surface area contributed by atoms with Gasteiger partial charge >= 0.3 is 0 Å². The lowest BCUT2D eigenvalue weighted by atomic mass is 10.0. The molecule has 3 nitrogen and oxygen atoms in total. The summed E-state index contributed by atoms with van der Waals surface area (Å²) in [7, 11) is -4.12. The van der Waals surface area contributed by atoms with Crippen LogP contribution in [0.1, 0.15) is 108 Å². The summed E-state index contributed by atoms with van der Waals surface area (Å²) in [6.07, 6.45) is 19.1. The van der Waals surface area contributed by atoms with E-state index in [-0.39, 0.29) is 4.90 Å². The minimum absolute atomic E-state index is 0.0720. The summed E-state index contributed by atoms with van der Waals surface area (Å²) in [4.78, 5) is 0.0720. The van der Waals surface area contributed by atoms with Crippen molar-refractivity contribution < 1.29 is 13.0 Å². The maximum absolute atomic E-state index is 11.5. The Morgan fingerprint density at radius 2 is 1.19 bits per heavy atom. The van der Waals surface area contributed by atoms with Crippen LogP contribution in [-0.4, -0.2) is 13.0 Å². The first-order chi connectivity index (χ1) is 12.9. The zero-order chi connectivity index (χ0) is 20.0. The summed E-state index contributed by atoms with van der Waals surface area (Å²) in [6, 6.07) is 5.13. The number of hydrogen-bond donors (Lipinski definition) is 1. The van der Waals surface area contributed by atoms with Gasteiger partial charge in [-0.15, -0.1) is 0 Å². The van der Waals surface area contributed by atoms with Gasteiger partial charge in [0.25, 0.3) is 10.1 Å². The van der Waals surface area contributed by atoms with Gasteiger partial charge < -0.3 is 0 Å². The molecular weight excluding hydrogens is 356 g/mol. The fraction of sp³-hybridized carbons (Fsp3) is 0.739. The molecule has 0 bridgehead atoms. The second-order valence-electron chi connectivity index (χ2n) is 7.93. The number of benzene rings is 1. The average Bonchev–Trinajstić information content (AvgIpc) is 2.61. The molecule has 0 aliphatic heterocycles. The van der Waals surface area contributed by atoms with E-state index in [2.05, 4.69) is 6.92 Å². The van der Waals surface area contributed by atoms with Crippen molar-refractivity contribution in [3.05, 3.63) is 29.3 Å². The van der Waals surface area contributed by atoms with Crippen molar-refractivity contribution in [1.29, 1.82) is 0 Å². The monoisotopic (exact) mass is 396 g/mol. The molecule has 1 aromatic rings. The zero-order valence-corrected chi connectivity index (χ0v) is 18.3. The van der Waals surface area contributed by atoms with E-state index in [1.54, 1.807) is 6.07 Å². The molecule has 0 unspecified atom stereocenters. The summed E-state index contributed by atoms with van der Waals surface area (Å²) in [5.41, 5.74) is 1.78. The Kier molecular flexibility index (Phi) is 12.7. The first-order valence-electron chi connectivity index (χ1n) is 11.0. The number of hydrogen-bond acceptors (Lipinski definition) is 2. The Morgan fingerprint density at radius 3 is 1.63 bits per heavy atom. The normalized spacial score (nSPS) is 11.8. The third-order valence-corrected chi connectivity index (χ3v) is 6.25. The predicted molar refractivity (Wildman–Crippen MR) is 115 cm³/mol. The maximum atomic E-state index is 11.5. The Balaban J connectivity index is 2.05. The SMILES string of the molecule is CCCCCCCCCCCCCCCCc1cc(C)ccc1S(=O)(=O)O. The van der Waals surface area contributed by atoms with Crippen LogP contribution in [0.2, 0.25) is 0 Å². The van der Waals surface area contributed by atoms with E-state index >= 15 is 0 Å². The van der Waals surface area contributed by atoms with E-state index in [4.69, 9.17) is 0 Å². The molecule has 0 amide bonds. The van der Waals surface area contributed by atoms with E-state index < -0.39 is 10.1 Å². The van der Waals surface area contributed by atoms with Crippen molar-refractivity contribution in [3.8, 4) is 0 Å². The fourth-order valence-electron chi connectivity index (χ4n) is 3.67. The molecule has 0 aliphatic rings. The lowest BCUT2D eigenvalue weighted by molar-refractivity contribution is 0.481. The third-order valence-electron chi connectivity index (χ3n) is 5.29. The van der Waals surface area contributed by atoms with Crippen LogP contribution in [0.25, 0.3) is 0 Å². The second-order valence-corrected chi connectivity index (χ2v) is 9.32. The second kappa shape index (κ2) is 14.2. The third kappa shape index (κ3) is 11.5. The molecule has 0 fully saturated rings. The van der Waals surface area contributed by atoms with E-state index in [1.165, 1.54) is 83.1 Å². The average molecular weight is 397 g/mol. The van der Waals surface area contributed by atoms with E-state index in [0.717, 1.165) is 30.4 Å². The van der Waals surface area contributed by atoms with Crippen LogP contribution in [0.3, 0.4) is 0 Å². The zero-order valence-electron chi connectivity index (χ0n) is 17.5. The van der Waals surface area contributed by atoms with E-state index in [1.807, 2.05) is 13.0 Å². The van der Waals surface area contributed by atoms with Crippen molar-refractivity contribution in [3.63, 3.8) is 0 Å². The Morgan fingerprint density at radius 1 is 0.741 bits per heavy atom. The lowest BCUT2D eigenvalue weighted by Crippen LogP contribution is -2.03. The van der Waals surface area contributed by atoms with Crippen molar-refractivity contribution in [2.24, 2.45) is 0 Å². The molecule has 0 aliphatic carbocycles. The highest BCUT2D eigenvalue weighted by Gasteiger charge is 2.14. The summed E-state index contributed by atoms with van der Waals surface area (Å²) < 4.78 is 32.3. The fourth-order valence-corrected chi connectivity index (χ4v) is 4.40. The van der Waals surface area contributed by atoms with Gasteiger partial charge in [-0.2, -0.15) is 8.42 Å². The Hall–Kier alpha value is -0.870. The molecule has 0 saturated carbocycles. The van der Waals surface area contributed by atoms with Crippen molar-refractivity contribution in [1.82, 2.24) is 0 Å². The molecule has 0 heterocycles. The number of aryl methyl sites for hydroxylation is 2. The highest BCUT2D eigenvalue weighted by atomic mass is 32.2. The number of unbranched alkanes of at least 4 members (excludes halogenated alkanes) is 13. The molecular formula is C23H40O3S. The number of rotatable bonds is 16. The van der Waals surface area contributed by atoms with Crippen LogP contribution in [0.5, 0.6) is 0 Å². The Labute approximate surface area is 167 Å². The summed E-state index contributed by atoms with van der Waals surface area (Å²) in [5, 5.41) is 0. The highest BCUT2D eigenvalue weighted by molar-refractivity contribution is 7.85. The standard InChI is InChI=1S/C23H40O3S/c1-3-4-5-6-7-8-9-10-11-12-13-14-15-16-17-22-20-21(2)18-19-23(22)27(24,25)26/h18-20H,3-17H2,1-2H3,(H,24,25,26). The van der Waals surface area contributed by atoms with Crippen LogP contribution in [0, 0.1) is 6.92 Å². The molecule has 1 rings (SSSR count). The molecule has 156 valence electrons. The van der Waals surface area contributed by atoms with E-state index in [9.17, 15) is 13.0 Å². The Bertz CT molecular complexity index is 608. The smallest absolute Gasteiger partial charge is 0.282 e. The maximum Gasteiger partial charge on any atom is 0.294 e. The lowest BCUT2D eigenvalue weighted by Gasteiger charge is -2.08. The minimum Gasteiger partial charge on any atom is -0.282 e. The minimum atomic E-state index is -4.12. The molecule has 0 saturated heterocycles. The van der Waals surface area contributed by atoms with Gasteiger partial charge in [-0.25, -0.2) is 0 Å². The first-order valence-corrected chi connectivity index (χ1v) is 12.5. The van der Waals surface area contributed by atoms with Crippen molar-refractivity contribution in [2.75, 3.05) is 0 Å². The van der Waals surface area contributed by atoms with Gasteiger partial charge in [-0.05, 0) is 31.4 Å². The van der Waals surface area contributed by atoms with Crippen molar-refractivity contribution >= 4 is 10.1 Å². The van der Waals surface area contributed by atoms with Gasteiger partial charge in [0, 0.05) is 0 Å². The molecule has 1 aromatic carbocycles. The molecule has 0 spiro atoms. The molecule has 4 heteroatoms. The molecule has 1 N–H and O–H groups in total. The van der Waals surface area contributed by atoms with Gasteiger partial charge in [0.05, 0.1) is 4.90 Å². The van der Waals surface area contributed by atoms with Gasteiger partial charge in [0.1, 0.15) is 0 Å². The molecule has 0 aromatic heterocycles. The van der Waals surface area contributed by atoms with E-state index in [0.29, 0.717) is 0 Å². The highest BCUT2D eigenvalue weighted by Crippen LogP contribution is 2.20. The van der Waals surface area contributed by atoms with Gasteiger partial charge in [-0.1, -0.05) is 108 Å². The van der Waals surface area contributed by atoms with Crippen molar-refractivity contribution in [2.45, 2.75) is 115 Å². The van der Waals surface area contributed by atoms with Gasteiger partial charge in [0.2, 0.25) is 0 Å². The van der Waals surface area contributed by atoms with Gasteiger partial charge in [-0.3, -0.25) is 4.55 Å². The topological polar surface area (TPSA) is 54.4 Å².